The number of amidine groups is 1. The number of alkyl halides is 3. The van der Waals surface area contributed by atoms with Crippen molar-refractivity contribution < 1.29 is 18.4 Å². The van der Waals surface area contributed by atoms with E-state index < -0.39 is 12.7 Å². The first-order valence-electron chi connectivity index (χ1n) is 6.37. The molecule has 0 unspecified atom stereocenters. The Labute approximate surface area is 119 Å². The van der Waals surface area contributed by atoms with Crippen LogP contribution in [0.4, 0.5) is 19.0 Å². The van der Waals surface area contributed by atoms with Gasteiger partial charge in [0.05, 0.1) is 6.54 Å². The minimum absolute atomic E-state index is 0.0330. The third-order valence-electron chi connectivity index (χ3n) is 3.25. The fourth-order valence-electron chi connectivity index (χ4n) is 2.20. The summed E-state index contributed by atoms with van der Waals surface area (Å²) in [6.45, 7) is 0.633. The summed E-state index contributed by atoms with van der Waals surface area (Å²) in [6, 6.07) is 3.24. The minimum atomic E-state index is -4.17. The van der Waals surface area contributed by atoms with E-state index in [1.807, 2.05) is 4.90 Å². The number of oxime groups is 1. The van der Waals surface area contributed by atoms with Crippen LogP contribution in [0.3, 0.4) is 0 Å². The van der Waals surface area contributed by atoms with Crippen LogP contribution in [0, 0.1) is 0 Å². The molecule has 0 aromatic carbocycles. The van der Waals surface area contributed by atoms with E-state index >= 15 is 0 Å². The fraction of sp³-hybridized carbons (Fsp3) is 0.500. The summed E-state index contributed by atoms with van der Waals surface area (Å²) >= 11 is 0. The van der Waals surface area contributed by atoms with E-state index in [2.05, 4.69) is 10.1 Å². The lowest BCUT2D eigenvalue weighted by Gasteiger charge is -2.35. The van der Waals surface area contributed by atoms with Crippen molar-refractivity contribution in [2.45, 2.75) is 6.18 Å². The molecular formula is C12H16F3N5O. The Hall–Kier alpha value is -2.03. The number of aromatic nitrogens is 1. The number of anilines is 1. The molecular weight excluding hydrogens is 287 g/mol. The van der Waals surface area contributed by atoms with E-state index in [9.17, 15) is 13.2 Å². The summed E-state index contributed by atoms with van der Waals surface area (Å²) in [5.41, 5.74) is 6.02. The summed E-state index contributed by atoms with van der Waals surface area (Å²) in [4.78, 5) is 7.41. The molecule has 1 saturated heterocycles. The molecule has 0 aliphatic carbocycles. The fourth-order valence-corrected chi connectivity index (χ4v) is 2.20. The Morgan fingerprint density at radius 1 is 1.33 bits per heavy atom. The van der Waals surface area contributed by atoms with Gasteiger partial charge in [-0.3, -0.25) is 4.90 Å². The molecule has 3 N–H and O–H groups in total. The second kappa shape index (κ2) is 6.17. The summed E-state index contributed by atoms with van der Waals surface area (Å²) in [6.07, 6.45) is -2.66. The molecule has 0 saturated carbocycles. The predicted octanol–water partition coefficient (Wildman–Crippen LogP) is 0.860. The van der Waals surface area contributed by atoms with Gasteiger partial charge in [0, 0.05) is 37.9 Å². The number of halogens is 3. The molecule has 1 aliphatic rings. The number of nitrogens with two attached hydrogens (primary N) is 1. The van der Waals surface area contributed by atoms with Crippen LogP contribution in [-0.2, 0) is 0 Å². The first-order valence-corrected chi connectivity index (χ1v) is 6.37. The highest BCUT2D eigenvalue weighted by Gasteiger charge is 2.32. The van der Waals surface area contributed by atoms with Crippen molar-refractivity contribution >= 4 is 11.7 Å². The zero-order chi connectivity index (χ0) is 15.5. The Morgan fingerprint density at radius 3 is 2.57 bits per heavy atom. The molecule has 116 valence electrons. The van der Waals surface area contributed by atoms with Crippen LogP contribution in [0.2, 0.25) is 0 Å². The number of nitrogens with zero attached hydrogens (tertiary/aromatic N) is 4. The van der Waals surface area contributed by atoms with E-state index in [0.29, 0.717) is 37.6 Å². The van der Waals surface area contributed by atoms with Gasteiger partial charge < -0.3 is 15.8 Å². The average Bonchev–Trinajstić information content (AvgIpc) is 2.45. The smallest absolute Gasteiger partial charge is 0.401 e. The zero-order valence-corrected chi connectivity index (χ0v) is 11.2. The van der Waals surface area contributed by atoms with Crippen molar-refractivity contribution in [3.8, 4) is 0 Å². The first-order chi connectivity index (χ1) is 9.89. The van der Waals surface area contributed by atoms with Gasteiger partial charge in [-0.1, -0.05) is 5.16 Å². The summed E-state index contributed by atoms with van der Waals surface area (Å²) < 4.78 is 37.0. The highest BCUT2D eigenvalue weighted by molar-refractivity contribution is 5.97. The van der Waals surface area contributed by atoms with Crippen LogP contribution in [0.15, 0.2) is 23.5 Å². The lowest BCUT2D eigenvalue weighted by Crippen LogP contribution is -2.49. The maximum absolute atomic E-state index is 12.3. The van der Waals surface area contributed by atoms with Crippen LogP contribution in [-0.4, -0.2) is 59.8 Å². The second-order valence-corrected chi connectivity index (χ2v) is 4.77. The molecule has 0 atom stereocenters. The topological polar surface area (TPSA) is 78.0 Å². The molecule has 1 fully saturated rings. The van der Waals surface area contributed by atoms with Crippen LogP contribution >= 0.6 is 0 Å². The summed E-state index contributed by atoms with van der Waals surface area (Å²) in [7, 11) is 0. The number of pyridine rings is 1. The standard InChI is InChI=1S/C12H16F3N5O/c13-12(14,15)8-19-3-5-20(6-4-19)10-7-9(1-2-17-10)11(16)18-21/h1-2,7,21H,3-6,8H2,(H2,16,18). The van der Waals surface area contributed by atoms with E-state index in [1.54, 1.807) is 12.1 Å². The lowest BCUT2D eigenvalue weighted by atomic mass is 10.2. The summed E-state index contributed by atoms with van der Waals surface area (Å²) in [5, 5.41) is 11.6. The average molecular weight is 303 g/mol. The maximum atomic E-state index is 12.3. The van der Waals surface area contributed by atoms with Crippen LogP contribution in [0.5, 0.6) is 0 Å². The molecule has 1 aliphatic heterocycles. The van der Waals surface area contributed by atoms with Crippen molar-refractivity contribution in [3.05, 3.63) is 23.9 Å². The number of piperazine rings is 1. The monoisotopic (exact) mass is 303 g/mol. The SMILES string of the molecule is NC(=NO)c1ccnc(N2CCN(CC(F)(F)F)CC2)c1. The molecule has 0 spiro atoms. The van der Waals surface area contributed by atoms with Crippen LogP contribution < -0.4 is 10.6 Å². The number of hydrogen-bond donors (Lipinski definition) is 2. The Balaban J connectivity index is 1.99. The van der Waals surface area contributed by atoms with Gasteiger partial charge in [0.15, 0.2) is 5.84 Å². The normalized spacial score (nSPS) is 18.0. The molecule has 9 heteroatoms. The van der Waals surface area contributed by atoms with Crippen LogP contribution in [0.1, 0.15) is 5.56 Å². The first kappa shape index (κ1) is 15.4. The van der Waals surface area contributed by atoms with Gasteiger partial charge in [0.2, 0.25) is 0 Å². The zero-order valence-electron chi connectivity index (χ0n) is 11.2. The van der Waals surface area contributed by atoms with Gasteiger partial charge in [0.25, 0.3) is 0 Å². The third-order valence-corrected chi connectivity index (χ3v) is 3.25. The minimum Gasteiger partial charge on any atom is -0.409 e. The van der Waals surface area contributed by atoms with E-state index in [4.69, 9.17) is 10.9 Å². The molecule has 2 heterocycles. The second-order valence-electron chi connectivity index (χ2n) is 4.77. The van der Waals surface area contributed by atoms with Gasteiger partial charge in [0.1, 0.15) is 5.82 Å². The largest absolute Gasteiger partial charge is 0.409 e. The Morgan fingerprint density at radius 2 is 2.00 bits per heavy atom. The molecule has 6 nitrogen and oxygen atoms in total. The quantitative estimate of drug-likeness (QED) is 0.375. The van der Waals surface area contributed by atoms with E-state index in [1.165, 1.54) is 11.1 Å². The highest BCUT2D eigenvalue weighted by atomic mass is 19.4. The van der Waals surface area contributed by atoms with Gasteiger partial charge in [-0.15, -0.1) is 0 Å². The Bertz CT molecular complexity index is 512. The Kier molecular flexibility index (Phi) is 4.51. The highest BCUT2D eigenvalue weighted by Crippen LogP contribution is 2.19. The molecule has 0 bridgehead atoms. The number of rotatable bonds is 3. The molecule has 2 rings (SSSR count). The van der Waals surface area contributed by atoms with Crippen molar-refractivity contribution in [2.75, 3.05) is 37.6 Å². The van der Waals surface area contributed by atoms with E-state index in [-0.39, 0.29) is 5.84 Å². The summed E-state index contributed by atoms with van der Waals surface area (Å²) in [5.74, 6) is 0.570. The maximum Gasteiger partial charge on any atom is 0.401 e. The van der Waals surface area contributed by atoms with Gasteiger partial charge in [-0.05, 0) is 12.1 Å². The van der Waals surface area contributed by atoms with Gasteiger partial charge in [-0.2, -0.15) is 13.2 Å². The van der Waals surface area contributed by atoms with Crippen LogP contribution in [0.25, 0.3) is 0 Å². The van der Waals surface area contributed by atoms with Crippen molar-refractivity contribution in [3.63, 3.8) is 0 Å². The molecule has 0 amide bonds. The molecule has 21 heavy (non-hydrogen) atoms. The number of hydrogen-bond acceptors (Lipinski definition) is 5. The van der Waals surface area contributed by atoms with E-state index in [0.717, 1.165) is 0 Å². The predicted molar refractivity (Wildman–Crippen MR) is 71.5 cm³/mol. The molecule has 0 radical (unpaired) electrons. The van der Waals surface area contributed by atoms with Crippen molar-refractivity contribution in [2.24, 2.45) is 10.9 Å². The van der Waals surface area contributed by atoms with Crippen molar-refractivity contribution in [1.29, 1.82) is 0 Å². The van der Waals surface area contributed by atoms with Crippen molar-refractivity contribution in [1.82, 2.24) is 9.88 Å². The van der Waals surface area contributed by atoms with Gasteiger partial charge >= 0.3 is 6.18 Å². The lowest BCUT2D eigenvalue weighted by molar-refractivity contribution is -0.146. The van der Waals surface area contributed by atoms with Gasteiger partial charge in [-0.25, -0.2) is 4.98 Å². The third kappa shape index (κ3) is 4.22. The molecule has 1 aromatic rings. The molecule has 1 aromatic heterocycles.